The zero-order chi connectivity index (χ0) is 12.7. The molecule has 0 aromatic heterocycles. The fourth-order valence-corrected chi connectivity index (χ4v) is 3.10. The first-order valence-corrected chi connectivity index (χ1v) is 6.45. The van der Waals surface area contributed by atoms with Crippen LogP contribution in [0.2, 0.25) is 5.02 Å². The summed E-state index contributed by atoms with van der Waals surface area (Å²) < 4.78 is 5.76. The van der Waals surface area contributed by atoms with Gasteiger partial charge in [-0.05, 0) is 25.0 Å². The van der Waals surface area contributed by atoms with Gasteiger partial charge in [0.25, 0.3) is 0 Å². The molecular formula is C13H14ClNO3. The fourth-order valence-electron chi connectivity index (χ4n) is 2.81. The first kappa shape index (κ1) is 11.8. The second kappa shape index (κ2) is 4.44. The topological polar surface area (TPSA) is 49.8 Å². The van der Waals surface area contributed by atoms with E-state index in [1.165, 1.54) is 0 Å². The molecule has 1 aromatic carbocycles. The van der Waals surface area contributed by atoms with E-state index in [2.05, 4.69) is 4.90 Å². The highest BCUT2D eigenvalue weighted by atomic mass is 35.5. The number of halogens is 1. The summed E-state index contributed by atoms with van der Waals surface area (Å²) in [6, 6.07) is 5.01. The van der Waals surface area contributed by atoms with Crippen LogP contribution in [0.5, 0.6) is 0 Å². The van der Waals surface area contributed by atoms with Crippen LogP contribution in [0.3, 0.4) is 0 Å². The Morgan fingerprint density at radius 2 is 2.00 bits per heavy atom. The Labute approximate surface area is 110 Å². The quantitative estimate of drug-likeness (QED) is 0.894. The Kier molecular flexibility index (Phi) is 2.92. The molecule has 4 nitrogen and oxygen atoms in total. The molecular weight excluding hydrogens is 254 g/mol. The highest BCUT2D eigenvalue weighted by Gasteiger charge is 2.35. The molecule has 0 saturated carbocycles. The van der Waals surface area contributed by atoms with Crippen LogP contribution in [0.25, 0.3) is 0 Å². The summed E-state index contributed by atoms with van der Waals surface area (Å²) in [6.45, 7) is 1.45. The lowest BCUT2D eigenvalue weighted by molar-refractivity contribution is 0.0303. The highest BCUT2D eigenvalue weighted by Crippen LogP contribution is 2.35. The number of morpholine rings is 1. The van der Waals surface area contributed by atoms with Gasteiger partial charge in [-0.3, -0.25) is 0 Å². The lowest BCUT2D eigenvalue weighted by Crippen LogP contribution is -2.43. The molecule has 2 saturated heterocycles. The maximum absolute atomic E-state index is 11.3. The van der Waals surface area contributed by atoms with E-state index >= 15 is 0 Å². The molecule has 0 radical (unpaired) electrons. The van der Waals surface area contributed by atoms with Crippen molar-refractivity contribution in [2.45, 2.75) is 25.0 Å². The molecule has 2 unspecified atom stereocenters. The van der Waals surface area contributed by atoms with E-state index in [-0.39, 0.29) is 17.8 Å². The number of rotatable bonds is 2. The summed E-state index contributed by atoms with van der Waals surface area (Å²) in [5.74, 6) is -0.939. The van der Waals surface area contributed by atoms with Crippen LogP contribution in [-0.4, -0.2) is 36.4 Å². The minimum atomic E-state index is -0.939. The summed E-state index contributed by atoms with van der Waals surface area (Å²) in [7, 11) is 0. The third-order valence-corrected chi connectivity index (χ3v) is 3.88. The summed E-state index contributed by atoms with van der Waals surface area (Å²) in [6.07, 6.45) is 2.52. The monoisotopic (exact) mass is 267 g/mol. The van der Waals surface area contributed by atoms with Gasteiger partial charge in [0, 0.05) is 13.1 Å². The number of fused-ring (bicyclic) bond motifs is 2. The molecule has 2 aliphatic heterocycles. The standard InChI is InChI=1S/C13H14ClNO3/c14-11-3-1-2-10(13(16)17)12(11)15-6-8-4-5-9(7-15)18-8/h1-3,8-9H,4-7H2,(H,16,17). The zero-order valence-electron chi connectivity index (χ0n) is 9.80. The number of aromatic carboxylic acids is 1. The van der Waals surface area contributed by atoms with E-state index in [1.807, 2.05) is 0 Å². The number of carbonyl (C=O) groups is 1. The predicted octanol–water partition coefficient (Wildman–Crippen LogP) is 2.41. The number of para-hydroxylation sites is 1. The molecule has 96 valence electrons. The number of hydrogen-bond donors (Lipinski definition) is 1. The fraction of sp³-hybridized carbons (Fsp3) is 0.462. The van der Waals surface area contributed by atoms with Gasteiger partial charge >= 0.3 is 5.97 Å². The Balaban J connectivity index is 1.98. The molecule has 0 spiro atoms. The van der Waals surface area contributed by atoms with Gasteiger partial charge in [-0.15, -0.1) is 0 Å². The van der Waals surface area contributed by atoms with E-state index in [9.17, 15) is 9.90 Å². The highest BCUT2D eigenvalue weighted by molar-refractivity contribution is 6.34. The first-order valence-electron chi connectivity index (χ1n) is 6.07. The van der Waals surface area contributed by atoms with E-state index in [1.54, 1.807) is 18.2 Å². The van der Waals surface area contributed by atoms with E-state index in [0.717, 1.165) is 25.9 Å². The predicted molar refractivity (Wildman–Crippen MR) is 68.5 cm³/mol. The maximum Gasteiger partial charge on any atom is 0.337 e. The van der Waals surface area contributed by atoms with Crippen molar-refractivity contribution in [2.24, 2.45) is 0 Å². The smallest absolute Gasteiger partial charge is 0.337 e. The number of nitrogens with zero attached hydrogens (tertiary/aromatic N) is 1. The van der Waals surface area contributed by atoms with Gasteiger partial charge in [0.1, 0.15) is 0 Å². The second-order valence-electron chi connectivity index (χ2n) is 4.80. The SMILES string of the molecule is O=C(O)c1cccc(Cl)c1N1CC2CCC(C1)O2. The Hall–Kier alpha value is -1.26. The number of ether oxygens (including phenoxy) is 1. The number of benzene rings is 1. The molecule has 2 heterocycles. The maximum atomic E-state index is 11.3. The molecule has 3 rings (SSSR count). The lowest BCUT2D eigenvalue weighted by atomic mass is 10.1. The van der Waals surface area contributed by atoms with Crippen LogP contribution in [0.15, 0.2) is 18.2 Å². The summed E-state index contributed by atoms with van der Waals surface area (Å²) >= 11 is 6.18. The molecule has 1 aromatic rings. The second-order valence-corrected chi connectivity index (χ2v) is 5.21. The van der Waals surface area contributed by atoms with Crippen molar-refractivity contribution in [2.75, 3.05) is 18.0 Å². The van der Waals surface area contributed by atoms with Crippen molar-refractivity contribution in [1.29, 1.82) is 0 Å². The van der Waals surface area contributed by atoms with Gasteiger partial charge in [-0.1, -0.05) is 17.7 Å². The molecule has 1 N–H and O–H groups in total. The summed E-state index contributed by atoms with van der Waals surface area (Å²) in [4.78, 5) is 13.3. The number of carboxylic acids is 1. The molecule has 2 aliphatic rings. The van der Waals surface area contributed by atoms with Gasteiger partial charge in [0.15, 0.2) is 0 Å². The Morgan fingerprint density at radius 1 is 1.33 bits per heavy atom. The van der Waals surface area contributed by atoms with Gasteiger partial charge in [0.05, 0.1) is 28.5 Å². The lowest BCUT2D eigenvalue weighted by Gasteiger charge is -2.35. The minimum Gasteiger partial charge on any atom is -0.478 e. The van der Waals surface area contributed by atoms with Crippen molar-refractivity contribution in [3.63, 3.8) is 0 Å². The van der Waals surface area contributed by atoms with Crippen molar-refractivity contribution in [3.8, 4) is 0 Å². The third-order valence-electron chi connectivity index (χ3n) is 3.58. The van der Waals surface area contributed by atoms with Crippen LogP contribution < -0.4 is 4.90 Å². The Morgan fingerprint density at radius 3 is 2.61 bits per heavy atom. The van der Waals surface area contributed by atoms with E-state index in [4.69, 9.17) is 16.3 Å². The summed E-state index contributed by atoms with van der Waals surface area (Å²) in [5, 5.41) is 9.75. The average molecular weight is 268 g/mol. The van der Waals surface area contributed by atoms with Crippen molar-refractivity contribution >= 4 is 23.3 Å². The van der Waals surface area contributed by atoms with Crippen molar-refractivity contribution < 1.29 is 14.6 Å². The van der Waals surface area contributed by atoms with Gasteiger partial charge in [0.2, 0.25) is 0 Å². The Bertz CT molecular complexity index is 479. The zero-order valence-corrected chi connectivity index (χ0v) is 10.6. The van der Waals surface area contributed by atoms with Gasteiger partial charge < -0.3 is 14.7 Å². The number of hydrogen-bond acceptors (Lipinski definition) is 3. The van der Waals surface area contributed by atoms with Crippen LogP contribution in [0, 0.1) is 0 Å². The molecule has 2 fully saturated rings. The average Bonchev–Trinajstić information content (AvgIpc) is 2.68. The molecule has 2 bridgehead atoms. The van der Waals surface area contributed by atoms with Crippen LogP contribution in [-0.2, 0) is 4.74 Å². The van der Waals surface area contributed by atoms with Crippen LogP contribution in [0.1, 0.15) is 23.2 Å². The molecule has 0 amide bonds. The third kappa shape index (κ3) is 1.95. The van der Waals surface area contributed by atoms with Crippen LogP contribution in [0.4, 0.5) is 5.69 Å². The van der Waals surface area contributed by atoms with Crippen molar-refractivity contribution in [1.82, 2.24) is 0 Å². The number of carboxylic acid groups (broad SMARTS) is 1. The molecule has 18 heavy (non-hydrogen) atoms. The van der Waals surface area contributed by atoms with Gasteiger partial charge in [-0.2, -0.15) is 0 Å². The molecule has 0 aliphatic carbocycles. The van der Waals surface area contributed by atoms with Gasteiger partial charge in [-0.25, -0.2) is 4.79 Å². The molecule has 5 heteroatoms. The van der Waals surface area contributed by atoms with E-state index in [0.29, 0.717) is 10.7 Å². The largest absolute Gasteiger partial charge is 0.478 e. The molecule has 2 atom stereocenters. The number of anilines is 1. The first-order chi connectivity index (χ1) is 8.65. The summed E-state index contributed by atoms with van der Waals surface area (Å²) in [5.41, 5.74) is 0.899. The van der Waals surface area contributed by atoms with Crippen LogP contribution >= 0.6 is 11.6 Å². The normalized spacial score (nSPS) is 26.4. The van der Waals surface area contributed by atoms with Crippen molar-refractivity contribution in [3.05, 3.63) is 28.8 Å². The van der Waals surface area contributed by atoms with E-state index < -0.39 is 5.97 Å². The minimum absolute atomic E-state index is 0.210.